The lowest BCUT2D eigenvalue weighted by Crippen LogP contribution is -2.26. The van der Waals surface area contributed by atoms with E-state index in [1.54, 1.807) is 4.68 Å². The number of anilines is 2. The lowest BCUT2D eigenvalue weighted by molar-refractivity contribution is 0.725. The van der Waals surface area contributed by atoms with Crippen molar-refractivity contribution in [2.75, 3.05) is 23.7 Å². The summed E-state index contributed by atoms with van der Waals surface area (Å²) >= 11 is 0. The minimum Gasteiger partial charge on any atom is -0.368 e. The van der Waals surface area contributed by atoms with Crippen molar-refractivity contribution >= 4 is 11.9 Å². The van der Waals surface area contributed by atoms with E-state index in [0.717, 1.165) is 37.6 Å². The Labute approximate surface area is 124 Å². The van der Waals surface area contributed by atoms with Gasteiger partial charge in [0.2, 0.25) is 11.9 Å². The summed E-state index contributed by atoms with van der Waals surface area (Å²) in [6.07, 6.45) is 1.52. The van der Waals surface area contributed by atoms with Crippen molar-refractivity contribution in [2.24, 2.45) is 0 Å². The summed E-state index contributed by atoms with van der Waals surface area (Å²) in [4.78, 5) is 19.4. The zero-order valence-corrected chi connectivity index (χ0v) is 13.0. The minimum atomic E-state index is 0.192. The zero-order valence-electron chi connectivity index (χ0n) is 13.0. The number of aromatic nitrogens is 6. The monoisotopic (exact) mass is 290 g/mol. The van der Waals surface area contributed by atoms with E-state index in [9.17, 15) is 0 Å². The van der Waals surface area contributed by atoms with Crippen LogP contribution in [0.15, 0.2) is 0 Å². The number of rotatable bonds is 6. The van der Waals surface area contributed by atoms with Crippen molar-refractivity contribution in [3.05, 3.63) is 11.6 Å². The van der Waals surface area contributed by atoms with Gasteiger partial charge in [0, 0.05) is 25.9 Å². The van der Waals surface area contributed by atoms with Gasteiger partial charge in [0.1, 0.15) is 5.82 Å². The Morgan fingerprint density at radius 3 is 2.24 bits per heavy atom. The van der Waals surface area contributed by atoms with Crippen LogP contribution in [0.2, 0.25) is 0 Å². The summed E-state index contributed by atoms with van der Waals surface area (Å²) in [5.41, 5.74) is 5.82. The van der Waals surface area contributed by atoms with Crippen LogP contribution in [0.3, 0.4) is 0 Å². The fourth-order valence-corrected chi connectivity index (χ4v) is 2.04. The van der Waals surface area contributed by atoms with E-state index >= 15 is 0 Å². The normalized spacial score (nSPS) is 10.9. The molecule has 114 valence electrons. The van der Waals surface area contributed by atoms with Crippen molar-refractivity contribution in [2.45, 2.75) is 40.5 Å². The Kier molecular flexibility index (Phi) is 4.66. The van der Waals surface area contributed by atoms with E-state index in [2.05, 4.69) is 25.0 Å². The summed E-state index contributed by atoms with van der Waals surface area (Å²) in [5, 5.41) is 4.44. The van der Waals surface area contributed by atoms with E-state index in [-0.39, 0.29) is 5.95 Å². The van der Waals surface area contributed by atoms with Gasteiger partial charge in [0.05, 0.1) is 0 Å². The maximum absolute atomic E-state index is 5.82. The second-order valence-electron chi connectivity index (χ2n) is 4.53. The van der Waals surface area contributed by atoms with E-state index < -0.39 is 0 Å². The molecular weight excluding hydrogens is 268 g/mol. The van der Waals surface area contributed by atoms with Gasteiger partial charge in [-0.15, -0.1) is 5.10 Å². The van der Waals surface area contributed by atoms with Crippen molar-refractivity contribution < 1.29 is 0 Å². The molecule has 0 unspecified atom stereocenters. The third-order valence-corrected chi connectivity index (χ3v) is 3.22. The highest BCUT2D eigenvalue weighted by atomic mass is 15.4. The van der Waals surface area contributed by atoms with Gasteiger partial charge in [-0.05, 0) is 13.8 Å². The predicted octanol–water partition coefficient (Wildman–Crippen LogP) is 1.01. The molecule has 0 aliphatic heterocycles. The van der Waals surface area contributed by atoms with Crippen LogP contribution in [0, 0.1) is 0 Å². The Morgan fingerprint density at radius 2 is 1.67 bits per heavy atom. The number of nitrogens with two attached hydrogens (primary N) is 1. The van der Waals surface area contributed by atoms with Crippen LogP contribution in [0.1, 0.15) is 39.3 Å². The summed E-state index contributed by atoms with van der Waals surface area (Å²) in [6, 6.07) is 0. The first-order valence-corrected chi connectivity index (χ1v) is 7.34. The third-order valence-electron chi connectivity index (χ3n) is 3.22. The summed E-state index contributed by atoms with van der Waals surface area (Å²) in [6.45, 7) is 9.74. The molecule has 0 saturated carbocycles. The predicted molar refractivity (Wildman–Crippen MR) is 81.5 cm³/mol. The molecule has 0 amide bonds. The highest BCUT2D eigenvalue weighted by Gasteiger charge is 2.15. The molecule has 2 aromatic heterocycles. The van der Waals surface area contributed by atoms with E-state index in [0.29, 0.717) is 11.9 Å². The Bertz CT molecular complexity index is 602. The SMILES string of the molecule is CCc1nc(CC)n(-c2nc(N)nc(N(CC)CC)n2)n1. The third kappa shape index (κ3) is 3.09. The molecule has 21 heavy (non-hydrogen) atoms. The lowest BCUT2D eigenvalue weighted by atomic mass is 10.4. The number of nitrogens with zero attached hydrogens (tertiary/aromatic N) is 7. The molecule has 0 aromatic carbocycles. The number of hydrogen-bond donors (Lipinski definition) is 1. The van der Waals surface area contributed by atoms with Crippen molar-refractivity contribution in [1.29, 1.82) is 0 Å². The molecule has 0 aliphatic rings. The van der Waals surface area contributed by atoms with Gasteiger partial charge in [-0.3, -0.25) is 0 Å². The zero-order chi connectivity index (χ0) is 15.4. The summed E-state index contributed by atoms with van der Waals surface area (Å²) in [7, 11) is 0. The van der Waals surface area contributed by atoms with Gasteiger partial charge < -0.3 is 10.6 Å². The Balaban J connectivity index is 2.51. The Hall–Kier alpha value is -2.25. The van der Waals surface area contributed by atoms with Gasteiger partial charge in [0.15, 0.2) is 5.82 Å². The fraction of sp³-hybridized carbons (Fsp3) is 0.615. The maximum Gasteiger partial charge on any atom is 0.258 e. The van der Waals surface area contributed by atoms with Crippen LogP contribution in [0.5, 0.6) is 0 Å². The molecule has 8 heteroatoms. The molecule has 2 aromatic rings. The number of hydrogen-bond acceptors (Lipinski definition) is 7. The van der Waals surface area contributed by atoms with Crippen LogP contribution >= 0.6 is 0 Å². The van der Waals surface area contributed by atoms with Gasteiger partial charge in [-0.2, -0.15) is 19.6 Å². The fourth-order valence-electron chi connectivity index (χ4n) is 2.04. The largest absolute Gasteiger partial charge is 0.368 e. The average Bonchev–Trinajstić information content (AvgIpc) is 2.91. The summed E-state index contributed by atoms with van der Waals surface area (Å²) < 4.78 is 1.66. The maximum atomic E-state index is 5.82. The molecule has 0 radical (unpaired) electrons. The molecule has 2 rings (SSSR count). The highest BCUT2D eigenvalue weighted by molar-refractivity contribution is 5.37. The molecule has 0 saturated heterocycles. The molecule has 0 spiro atoms. The van der Waals surface area contributed by atoms with Crippen molar-refractivity contribution in [3.8, 4) is 5.95 Å². The molecule has 2 N–H and O–H groups in total. The van der Waals surface area contributed by atoms with E-state index in [1.165, 1.54) is 0 Å². The van der Waals surface area contributed by atoms with Crippen molar-refractivity contribution in [1.82, 2.24) is 29.7 Å². The van der Waals surface area contributed by atoms with Gasteiger partial charge in [0.25, 0.3) is 5.95 Å². The number of aryl methyl sites for hydroxylation is 2. The Morgan fingerprint density at radius 1 is 0.952 bits per heavy atom. The lowest BCUT2D eigenvalue weighted by Gasteiger charge is -2.18. The van der Waals surface area contributed by atoms with Gasteiger partial charge in [-0.25, -0.2) is 4.98 Å². The number of nitrogen functional groups attached to an aromatic ring is 1. The first kappa shape index (κ1) is 15.1. The molecule has 0 bridgehead atoms. The van der Waals surface area contributed by atoms with E-state index in [4.69, 9.17) is 5.73 Å². The van der Waals surface area contributed by atoms with Gasteiger partial charge >= 0.3 is 0 Å². The smallest absolute Gasteiger partial charge is 0.258 e. The molecule has 0 aliphatic carbocycles. The quantitative estimate of drug-likeness (QED) is 0.847. The van der Waals surface area contributed by atoms with Crippen LogP contribution in [-0.2, 0) is 12.8 Å². The van der Waals surface area contributed by atoms with Crippen LogP contribution in [0.25, 0.3) is 5.95 Å². The van der Waals surface area contributed by atoms with Crippen molar-refractivity contribution in [3.63, 3.8) is 0 Å². The molecule has 0 atom stereocenters. The van der Waals surface area contributed by atoms with Crippen LogP contribution < -0.4 is 10.6 Å². The first-order chi connectivity index (χ1) is 10.1. The van der Waals surface area contributed by atoms with Crippen LogP contribution in [-0.4, -0.2) is 42.8 Å². The summed E-state index contributed by atoms with van der Waals surface area (Å²) in [5.74, 6) is 2.78. The van der Waals surface area contributed by atoms with Crippen LogP contribution in [0.4, 0.5) is 11.9 Å². The van der Waals surface area contributed by atoms with Gasteiger partial charge in [-0.1, -0.05) is 13.8 Å². The minimum absolute atomic E-state index is 0.192. The highest BCUT2D eigenvalue weighted by Crippen LogP contribution is 2.13. The topological polar surface area (TPSA) is 98.6 Å². The molecule has 0 fully saturated rings. The molecular formula is C13H22N8. The standard InChI is InChI=1S/C13H22N8/c1-5-9-15-10(6-2)21(19-9)13-17-11(14)16-12(18-13)20(7-3)8-4/h5-8H2,1-4H3,(H2,14,16,17,18). The first-order valence-electron chi connectivity index (χ1n) is 7.34. The van der Waals surface area contributed by atoms with E-state index in [1.807, 2.05) is 32.6 Å². The second-order valence-corrected chi connectivity index (χ2v) is 4.53. The molecule has 2 heterocycles. The second kappa shape index (κ2) is 6.47. The average molecular weight is 290 g/mol. The molecule has 8 nitrogen and oxygen atoms in total.